The lowest BCUT2D eigenvalue weighted by molar-refractivity contribution is 0.415. The Morgan fingerprint density at radius 3 is 2.83 bits per heavy atom. The average molecular weight is 262 g/mol. The van der Waals surface area contributed by atoms with Gasteiger partial charge in [-0.05, 0) is 26.0 Å². The lowest BCUT2D eigenvalue weighted by Gasteiger charge is -2.15. The molecule has 0 amide bonds. The van der Waals surface area contributed by atoms with Gasteiger partial charge in [0.25, 0.3) is 0 Å². The van der Waals surface area contributed by atoms with Crippen LogP contribution in [-0.2, 0) is 6.42 Å². The number of benzene rings is 1. The molecule has 96 valence electrons. The number of methoxy groups -OCH3 is 1. The first-order valence-electron chi connectivity index (χ1n) is 5.86. The van der Waals surface area contributed by atoms with Gasteiger partial charge >= 0.3 is 0 Å². The van der Waals surface area contributed by atoms with Gasteiger partial charge in [0.1, 0.15) is 5.75 Å². The molecule has 0 aliphatic rings. The van der Waals surface area contributed by atoms with E-state index in [2.05, 4.69) is 10.4 Å². The first-order chi connectivity index (χ1) is 8.48. The van der Waals surface area contributed by atoms with Crippen LogP contribution < -0.4 is 10.5 Å². The summed E-state index contributed by atoms with van der Waals surface area (Å²) in [6.07, 6.45) is 0.793. The van der Waals surface area contributed by atoms with Crippen molar-refractivity contribution in [3.8, 4) is 17.0 Å². The Morgan fingerprint density at radius 2 is 2.17 bits per heavy atom. The fourth-order valence-corrected chi connectivity index (χ4v) is 2.74. The van der Waals surface area contributed by atoms with E-state index in [-0.39, 0.29) is 5.54 Å². The van der Waals surface area contributed by atoms with Gasteiger partial charge in [-0.1, -0.05) is 12.1 Å². The average Bonchev–Trinajstić information content (AvgIpc) is 2.75. The maximum absolute atomic E-state index is 6.01. The molecule has 2 rings (SSSR count). The van der Waals surface area contributed by atoms with Crippen molar-refractivity contribution in [3.05, 3.63) is 34.7 Å². The summed E-state index contributed by atoms with van der Waals surface area (Å²) in [6.45, 7) is 4.03. The monoisotopic (exact) mass is 262 g/mol. The summed E-state index contributed by atoms with van der Waals surface area (Å²) in [5.74, 6) is 0.848. The van der Waals surface area contributed by atoms with Gasteiger partial charge in [-0.3, -0.25) is 0 Å². The van der Waals surface area contributed by atoms with Crippen LogP contribution in [0.3, 0.4) is 0 Å². The molecular weight excluding hydrogens is 244 g/mol. The van der Waals surface area contributed by atoms with Crippen LogP contribution in [-0.4, -0.2) is 17.6 Å². The van der Waals surface area contributed by atoms with E-state index in [4.69, 9.17) is 10.5 Å². The summed E-state index contributed by atoms with van der Waals surface area (Å²) in [5, 5.41) is 3.14. The van der Waals surface area contributed by atoms with E-state index in [0.29, 0.717) is 0 Å². The molecule has 0 radical (unpaired) electrons. The Kier molecular flexibility index (Phi) is 3.68. The minimum Gasteiger partial charge on any atom is -0.497 e. The van der Waals surface area contributed by atoms with Crippen LogP contribution in [0.25, 0.3) is 11.3 Å². The molecule has 3 nitrogen and oxygen atoms in total. The molecular formula is C14H18N2OS. The third-order valence-corrected chi connectivity index (χ3v) is 3.37. The lowest BCUT2D eigenvalue weighted by Crippen LogP contribution is -2.34. The predicted octanol–water partition coefficient (Wildman–Crippen LogP) is 3.10. The summed E-state index contributed by atoms with van der Waals surface area (Å²) in [5.41, 5.74) is 7.85. The molecule has 2 aromatic rings. The van der Waals surface area contributed by atoms with Gasteiger partial charge in [-0.15, -0.1) is 11.3 Å². The summed E-state index contributed by atoms with van der Waals surface area (Å²) < 4.78 is 5.22. The molecule has 0 aliphatic carbocycles. The topological polar surface area (TPSA) is 48.1 Å². The van der Waals surface area contributed by atoms with Crippen LogP contribution >= 0.6 is 11.3 Å². The minimum absolute atomic E-state index is 0.219. The van der Waals surface area contributed by atoms with Gasteiger partial charge in [0.2, 0.25) is 0 Å². The van der Waals surface area contributed by atoms with Crippen molar-refractivity contribution in [2.75, 3.05) is 7.11 Å². The van der Waals surface area contributed by atoms with E-state index < -0.39 is 0 Å². The Balaban J connectivity index is 2.23. The molecule has 0 saturated carbocycles. The minimum atomic E-state index is -0.219. The molecule has 0 atom stereocenters. The van der Waals surface area contributed by atoms with Gasteiger partial charge in [-0.25, -0.2) is 4.98 Å². The second-order valence-corrected chi connectivity index (χ2v) is 5.97. The van der Waals surface area contributed by atoms with Crippen LogP contribution in [0.15, 0.2) is 29.6 Å². The first kappa shape index (κ1) is 13.1. The molecule has 4 heteroatoms. The molecule has 18 heavy (non-hydrogen) atoms. The van der Waals surface area contributed by atoms with Crippen LogP contribution in [0.2, 0.25) is 0 Å². The highest BCUT2D eigenvalue weighted by Crippen LogP contribution is 2.26. The Labute approximate surface area is 112 Å². The maximum atomic E-state index is 6.01. The quantitative estimate of drug-likeness (QED) is 0.921. The zero-order valence-electron chi connectivity index (χ0n) is 10.9. The van der Waals surface area contributed by atoms with E-state index in [0.717, 1.165) is 28.4 Å². The van der Waals surface area contributed by atoms with Crippen molar-refractivity contribution in [2.24, 2.45) is 5.73 Å². The predicted molar refractivity (Wildman–Crippen MR) is 76.1 cm³/mol. The first-order valence-corrected chi connectivity index (χ1v) is 6.73. The number of nitrogens with zero attached hydrogens (tertiary/aromatic N) is 1. The molecule has 0 unspecified atom stereocenters. The fourth-order valence-electron chi connectivity index (χ4n) is 1.70. The number of hydrogen-bond acceptors (Lipinski definition) is 4. The lowest BCUT2D eigenvalue weighted by atomic mass is 10.0. The molecule has 0 fully saturated rings. The number of rotatable bonds is 4. The summed E-state index contributed by atoms with van der Waals surface area (Å²) in [6, 6.07) is 7.93. The third kappa shape index (κ3) is 3.31. The van der Waals surface area contributed by atoms with Crippen LogP contribution in [0.5, 0.6) is 5.75 Å². The molecule has 1 aromatic heterocycles. The highest BCUT2D eigenvalue weighted by molar-refractivity contribution is 7.09. The number of hydrogen-bond donors (Lipinski definition) is 1. The van der Waals surface area contributed by atoms with E-state index >= 15 is 0 Å². The summed E-state index contributed by atoms with van der Waals surface area (Å²) >= 11 is 1.65. The van der Waals surface area contributed by atoms with Crippen molar-refractivity contribution >= 4 is 11.3 Å². The van der Waals surface area contributed by atoms with Crippen LogP contribution in [0, 0.1) is 0 Å². The van der Waals surface area contributed by atoms with Crippen molar-refractivity contribution < 1.29 is 4.74 Å². The second-order valence-electron chi connectivity index (χ2n) is 5.02. The highest BCUT2D eigenvalue weighted by Gasteiger charge is 2.15. The van der Waals surface area contributed by atoms with E-state index in [1.165, 1.54) is 0 Å². The smallest absolute Gasteiger partial charge is 0.119 e. The van der Waals surface area contributed by atoms with Gasteiger partial charge in [-0.2, -0.15) is 0 Å². The molecule has 2 N–H and O–H groups in total. The van der Waals surface area contributed by atoms with Crippen molar-refractivity contribution in [1.29, 1.82) is 0 Å². The molecule has 0 bridgehead atoms. The fraction of sp³-hybridized carbons (Fsp3) is 0.357. The highest BCUT2D eigenvalue weighted by atomic mass is 32.1. The number of thiazole rings is 1. The summed E-state index contributed by atoms with van der Waals surface area (Å²) in [7, 11) is 1.67. The zero-order chi connectivity index (χ0) is 13.2. The normalized spacial score (nSPS) is 11.6. The van der Waals surface area contributed by atoms with Gasteiger partial charge in [0, 0.05) is 22.9 Å². The van der Waals surface area contributed by atoms with E-state index in [1.54, 1.807) is 18.4 Å². The standard InChI is InChI=1S/C14H18N2OS/c1-14(2,15)8-13-16-12(9-18-13)10-5-4-6-11(7-10)17-3/h4-7,9H,8,15H2,1-3H3. The number of ether oxygens (including phenoxy) is 1. The van der Waals surface area contributed by atoms with Crippen molar-refractivity contribution in [1.82, 2.24) is 4.98 Å². The molecule has 0 aliphatic heterocycles. The van der Waals surface area contributed by atoms with Crippen LogP contribution in [0.1, 0.15) is 18.9 Å². The zero-order valence-corrected chi connectivity index (χ0v) is 11.8. The van der Waals surface area contributed by atoms with E-state index in [1.807, 2.05) is 38.1 Å². The van der Waals surface area contributed by atoms with E-state index in [9.17, 15) is 0 Å². The van der Waals surface area contributed by atoms with Gasteiger partial charge in [0.05, 0.1) is 17.8 Å². The molecule has 1 heterocycles. The SMILES string of the molecule is COc1cccc(-c2csc(CC(C)(C)N)n2)c1. The van der Waals surface area contributed by atoms with Crippen LogP contribution in [0.4, 0.5) is 0 Å². The molecule has 0 spiro atoms. The van der Waals surface area contributed by atoms with Crippen molar-refractivity contribution in [2.45, 2.75) is 25.8 Å². The molecule has 1 aromatic carbocycles. The number of aromatic nitrogens is 1. The second kappa shape index (κ2) is 5.08. The van der Waals surface area contributed by atoms with Crippen molar-refractivity contribution in [3.63, 3.8) is 0 Å². The Morgan fingerprint density at radius 1 is 1.39 bits per heavy atom. The maximum Gasteiger partial charge on any atom is 0.119 e. The number of nitrogens with two attached hydrogens (primary N) is 1. The third-order valence-electron chi connectivity index (χ3n) is 2.52. The Hall–Kier alpha value is -1.39. The summed E-state index contributed by atoms with van der Waals surface area (Å²) in [4.78, 5) is 4.62. The Bertz CT molecular complexity index is 529. The molecule has 0 saturated heterocycles. The largest absolute Gasteiger partial charge is 0.497 e. The van der Waals surface area contributed by atoms with Gasteiger partial charge in [0.15, 0.2) is 0 Å². The van der Waals surface area contributed by atoms with Gasteiger partial charge < -0.3 is 10.5 Å².